The van der Waals surface area contributed by atoms with E-state index in [1.54, 1.807) is 6.20 Å². The second kappa shape index (κ2) is 4.60. The first-order chi connectivity index (χ1) is 8.04. The van der Waals surface area contributed by atoms with Gasteiger partial charge in [0.15, 0.2) is 0 Å². The Balaban J connectivity index is 2.32. The summed E-state index contributed by atoms with van der Waals surface area (Å²) < 4.78 is 1.85. The molecule has 0 saturated carbocycles. The molecule has 1 aromatic carbocycles. The Labute approximate surface area is 103 Å². The minimum atomic E-state index is -1.31. The molecule has 86 valence electrons. The van der Waals surface area contributed by atoms with Crippen molar-refractivity contribution < 1.29 is 0 Å². The first-order valence-electron chi connectivity index (χ1n) is 5.68. The summed E-state index contributed by atoms with van der Waals surface area (Å²) in [4.78, 5) is 0. The lowest BCUT2D eigenvalue weighted by Gasteiger charge is -2.04. The Bertz CT molecular complexity index is 554. The van der Waals surface area contributed by atoms with Crippen molar-refractivity contribution in [3.63, 3.8) is 0 Å². The normalized spacial score (nSPS) is 10.8. The van der Waals surface area contributed by atoms with Gasteiger partial charge in [-0.05, 0) is 24.3 Å². The van der Waals surface area contributed by atoms with Crippen LogP contribution in [0.2, 0.25) is 19.6 Å². The largest absolute Gasteiger partial charge is 0.241 e. The molecule has 17 heavy (non-hydrogen) atoms. The Morgan fingerprint density at radius 1 is 1.18 bits per heavy atom. The molecule has 0 radical (unpaired) electrons. The highest BCUT2D eigenvalue weighted by molar-refractivity contribution is 6.83. The lowest BCUT2D eigenvalue weighted by molar-refractivity contribution is 0.880. The van der Waals surface area contributed by atoms with Gasteiger partial charge in [-0.15, -0.1) is 5.54 Å². The molecule has 0 fully saturated rings. The summed E-state index contributed by atoms with van der Waals surface area (Å²) >= 11 is 0. The molecule has 3 heteroatoms. The summed E-state index contributed by atoms with van der Waals surface area (Å²) in [5, 5.41) is 4.21. The predicted octanol–water partition coefficient (Wildman–Crippen LogP) is 3.10. The Morgan fingerprint density at radius 3 is 2.65 bits per heavy atom. The van der Waals surface area contributed by atoms with E-state index in [9.17, 15) is 0 Å². The average molecular weight is 240 g/mol. The Kier molecular flexibility index (Phi) is 3.16. The van der Waals surface area contributed by atoms with Gasteiger partial charge in [-0.1, -0.05) is 31.6 Å². The van der Waals surface area contributed by atoms with Gasteiger partial charge in [-0.25, -0.2) is 4.68 Å². The van der Waals surface area contributed by atoms with Gasteiger partial charge in [0.25, 0.3) is 0 Å². The van der Waals surface area contributed by atoms with Crippen LogP contribution in [0.3, 0.4) is 0 Å². The van der Waals surface area contributed by atoms with Crippen molar-refractivity contribution in [2.45, 2.75) is 19.6 Å². The van der Waals surface area contributed by atoms with Crippen molar-refractivity contribution in [1.82, 2.24) is 9.78 Å². The van der Waals surface area contributed by atoms with Gasteiger partial charge >= 0.3 is 0 Å². The van der Waals surface area contributed by atoms with Crippen LogP contribution in [0.1, 0.15) is 5.56 Å². The van der Waals surface area contributed by atoms with Crippen LogP contribution < -0.4 is 0 Å². The second-order valence-corrected chi connectivity index (χ2v) is 9.75. The molecule has 1 heterocycles. The molecule has 2 rings (SSSR count). The third-order valence-electron chi connectivity index (χ3n) is 2.20. The zero-order valence-electron chi connectivity index (χ0n) is 10.4. The number of hydrogen-bond donors (Lipinski definition) is 0. The average Bonchev–Trinajstić information content (AvgIpc) is 2.79. The third kappa shape index (κ3) is 3.33. The molecule has 2 aromatic rings. The van der Waals surface area contributed by atoms with Crippen molar-refractivity contribution in [3.8, 4) is 17.2 Å². The van der Waals surface area contributed by atoms with Crippen LogP contribution in [0.15, 0.2) is 42.7 Å². The molecule has 0 saturated heterocycles. The molecule has 0 amide bonds. The molecule has 0 unspecified atom stereocenters. The van der Waals surface area contributed by atoms with Crippen LogP contribution in [0.5, 0.6) is 0 Å². The van der Waals surface area contributed by atoms with E-state index in [2.05, 4.69) is 42.3 Å². The summed E-state index contributed by atoms with van der Waals surface area (Å²) in [7, 11) is -1.31. The smallest absolute Gasteiger partial charge is 0.129 e. The third-order valence-corrected chi connectivity index (χ3v) is 3.07. The number of hydrogen-bond acceptors (Lipinski definition) is 1. The van der Waals surface area contributed by atoms with E-state index in [-0.39, 0.29) is 0 Å². The van der Waals surface area contributed by atoms with Gasteiger partial charge in [-0.2, -0.15) is 5.10 Å². The molecule has 0 aliphatic heterocycles. The van der Waals surface area contributed by atoms with E-state index < -0.39 is 8.07 Å². The zero-order valence-corrected chi connectivity index (χ0v) is 11.4. The molecule has 0 bridgehead atoms. The summed E-state index contributed by atoms with van der Waals surface area (Å²) in [6.45, 7) is 6.74. The quantitative estimate of drug-likeness (QED) is 0.553. The Morgan fingerprint density at radius 2 is 2.00 bits per heavy atom. The van der Waals surface area contributed by atoms with Crippen LogP contribution in [0, 0.1) is 11.5 Å². The fourth-order valence-electron chi connectivity index (χ4n) is 1.41. The van der Waals surface area contributed by atoms with Crippen LogP contribution >= 0.6 is 0 Å². The lowest BCUT2D eigenvalue weighted by atomic mass is 10.2. The summed E-state index contributed by atoms with van der Waals surface area (Å²) in [6.07, 6.45) is 3.71. The van der Waals surface area contributed by atoms with Gasteiger partial charge in [0.2, 0.25) is 0 Å². The van der Waals surface area contributed by atoms with E-state index in [1.165, 1.54) is 0 Å². The Hall–Kier alpha value is -1.79. The van der Waals surface area contributed by atoms with Crippen LogP contribution in [0.4, 0.5) is 0 Å². The van der Waals surface area contributed by atoms with Gasteiger partial charge in [-0.3, -0.25) is 0 Å². The number of rotatable bonds is 1. The monoisotopic (exact) mass is 240 g/mol. The molecule has 1 aromatic heterocycles. The number of aromatic nitrogens is 2. The van der Waals surface area contributed by atoms with Crippen LogP contribution in [0.25, 0.3) is 5.69 Å². The molecule has 0 atom stereocenters. The van der Waals surface area contributed by atoms with Gasteiger partial charge in [0.05, 0.1) is 5.69 Å². The van der Waals surface area contributed by atoms with E-state index in [0.29, 0.717) is 0 Å². The van der Waals surface area contributed by atoms with Crippen molar-refractivity contribution in [2.24, 2.45) is 0 Å². The van der Waals surface area contributed by atoms with Crippen molar-refractivity contribution in [2.75, 3.05) is 0 Å². The van der Waals surface area contributed by atoms with E-state index in [4.69, 9.17) is 0 Å². The van der Waals surface area contributed by atoms with Crippen molar-refractivity contribution in [3.05, 3.63) is 48.3 Å². The van der Waals surface area contributed by atoms with Crippen LogP contribution in [-0.2, 0) is 0 Å². The molecule has 0 N–H and O–H groups in total. The molecule has 0 aliphatic rings. The minimum Gasteiger partial charge on any atom is -0.241 e. The maximum Gasteiger partial charge on any atom is 0.129 e. The molecular weight excluding hydrogens is 224 g/mol. The first kappa shape index (κ1) is 11.7. The minimum absolute atomic E-state index is 1.05. The maximum absolute atomic E-state index is 4.21. The summed E-state index contributed by atoms with van der Waals surface area (Å²) in [6, 6.07) is 10.1. The highest BCUT2D eigenvalue weighted by Gasteiger charge is 2.07. The van der Waals surface area contributed by atoms with E-state index >= 15 is 0 Å². The first-order valence-corrected chi connectivity index (χ1v) is 9.18. The highest BCUT2D eigenvalue weighted by atomic mass is 28.3. The van der Waals surface area contributed by atoms with Crippen molar-refractivity contribution >= 4 is 8.07 Å². The fraction of sp³-hybridized carbons (Fsp3) is 0.214. The maximum atomic E-state index is 4.21. The lowest BCUT2D eigenvalue weighted by Crippen LogP contribution is -2.16. The molecule has 2 nitrogen and oxygen atoms in total. The summed E-state index contributed by atoms with van der Waals surface area (Å²) in [5.74, 6) is 3.26. The molecule has 0 aliphatic carbocycles. The van der Waals surface area contributed by atoms with Gasteiger partial charge in [0, 0.05) is 18.0 Å². The SMILES string of the molecule is C[Si](C)(C)C#Cc1cccc(-n2cccn2)c1. The fourth-order valence-corrected chi connectivity index (χ4v) is 1.93. The number of nitrogens with zero attached hydrogens (tertiary/aromatic N) is 2. The molecule has 0 spiro atoms. The number of benzene rings is 1. The van der Waals surface area contributed by atoms with Crippen LogP contribution in [-0.4, -0.2) is 17.9 Å². The standard InChI is InChI=1S/C14H16N2Si/c1-17(2,3)11-8-13-6-4-7-14(12-13)16-10-5-9-15-16/h4-7,9-10,12H,1-3H3. The predicted molar refractivity (Wildman–Crippen MR) is 73.8 cm³/mol. The molecular formula is C14H16N2Si. The van der Waals surface area contributed by atoms with E-state index in [0.717, 1.165) is 11.3 Å². The van der Waals surface area contributed by atoms with Gasteiger partial charge < -0.3 is 0 Å². The van der Waals surface area contributed by atoms with Crippen molar-refractivity contribution in [1.29, 1.82) is 0 Å². The highest BCUT2D eigenvalue weighted by Crippen LogP contribution is 2.09. The van der Waals surface area contributed by atoms with Gasteiger partial charge in [0.1, 0.15) is 8.07 Å². The zero-order chi connectivity index (χ0) is 12.3. The topological polar surface area (TPSA) is 17.8 Å². The van der Waals surface area contributed by atoms with E-state index in [1.807, 2.05) is 35.1 Å². The second-order valence-electron chi connectivity index (χ2n) is 5.00. The summed E-state index contributed by atoms with van der Waals surface area (Å²) in [5.41, 5.74) is 5.48.